The van der Waals surface area contributed by atoms with Gasteiger partial charge in [-0.25, -0.2) is 0 Å². The Bertz CT molecular complexity index is 54.3. The minimum absolute atomic E-state index is 0. The zero-order chi connectivity index (χ0) is 7.28. The molecule has 2 heteroatoms. The molecule has 0 bridgehead atoms. The average Bonchev–Trinajstić information content (AvgIpc) is 1.63. The molecule has 0 unspecified atom stereocenters. The van der Waals surface area contributed by atoms with E-state index in [9.17, 15) is 0 Å². The molecule has 10 heavy (non-hydrogen) atoms. The molecule has 0 aliphatic carbocycles. The molecular weight excluding hydrogens is 247 g/mol. The molecule has 0 saturated heterocycles. The Kier molecular flexibility index (Phi) is 11.3. The van der Waals surface area contributed by atoms with Gasteiger partial charge in [0.25, 0.3) is 0 Å². The van der Waals surface area contributed by atoms with E-state index in [-0.39, 0.29) is 34.6 Å². The van der Waals surface area contributed by atoms with Crippen LogP contribution in [0.2, 0.25) is 8.87 Å². The maximum atomic E-state index is 2.33. The first kappa shape index (κ1) is 13.7. The van der Waals surface area contributed by atoms with Crippen LogP contribution in [0.1, 0.15) is 27.7 Å². The van der Waals surface area contributed by atoms with Gasteiger partial charge in [0, 0.05) is 0 Å². The van der Waals surface area contributed by atoms with Crippen molar-refractivity contribution < 1.29 is 0 Å². The van der Waals surface area contributed by atoms with Gasteiger partial charge in [0.15, 0.2) is 0 Å². The molecule has 0 aliphatic heterocycles. The van der Waals surface area contributed by atoms with E-state index < -0.39 is 0 Å². The van der Waals surface area contributed by atoms with Crippen LogP contribution in [-0.4, -0.2) is 21.1 Å². The van der Waals surface area contributed by atoms with Crippen molar-refractivity contribution >= 4 is 34.6 Å². The summed E-state index contributed by atoms with van der Waals surface area (Å²) in [5, 5.41) is 0. The standard InChI is InChI=1S/2C4H9.S.Sn/c2*1-4(2)3;;/h2*4H,1H2,2-3H3;;/q;;-2;+2. The number of hydrogen-bond donors (Lipinski definition) is 0. The molecule has 0 aromatic rings. The van der Waals surface area contributed by atoms with Crippen molar-refractivity contribution in [1.82, 2.24) is 0 Å². The van der Waals surface area contributed by atoms with Crippen LogP contribution in [0.25, 0.3) is 0 Å². The molecule has 0 saturated carbocycles. The SMILES string of the molecule is CC(C)[CH2][Sn+2][CH2]C(C)C.[S-2]. The van der Waals surface area contributed by atoms with Gasteiger partial charge < -0.3 is 13.5 Å². The summed E-state index contributed by atoms with van der Waals surface area (Å²) in [6, 6.07) is 0. The van der Waals surface area contributed by atoms with E-state index in [1.54, 1.807) is 8.87 Å². The van der Waals surface area contributed by atoms with Crippen LogP contribution in [0.5, 0.6) is 0 Å². The molecule has 0 radical (unpaired) electrons. The number of rotatable bonds is 4. The molecule has 0 aliphatic rings. The summed E-state index contributed by atoms with van der Waals surface area (Å²) in [6.45, 7) is 9.34. The van der Waals surface area contributed by atoms with E-state index in [2.05, 4.69) is 27.7 Å². The van der Waals surface area contributed by atoms with Crippen molar-refractivity contribution in [2.45, 2.75) is 36.6 Å². The van der Waals surface area contributed by atoms with Gasteiger partial charge in [-0.05, 0) is 0 Å². The van der Waals surface area contributed by atoms with E-state index in [4.69, 9.17) is 0 Å². The molecule has 0 atom stereocenters. The molecular formula is C8H18SSn. The Morgan fingerprint density at radius 3 is 1.40 bits per heavy atom. The fourth-order valence-corrected chi connectivity index (χ4v) is 4.43. The zero-order valence-corrected chi connectivity index (χ0v) is 11.1. The smallest absolute Gasteiger partial charge is 2.00 e. The van der Waals surface area contributed by atoms with Gasteiger partial charge in [0.1, 0.15) is 0 Å². The van der Waals surface area contributed by atoms with E-state index in [1.807, 2.05) is 0 Å². The molecule has 0 aromatic carbocycles. The maximum absolute atomic E-state index is 2.33. The third kappa shape index (κ3) is 11.9. The predicted molar refractivity (Wildman–Crippen MR) is 52.4 cm³/mol. The number of hydrogen-bond acceptors (Lipinski definition) is 0. The first-order valence-electron chi connectivity index (χ1n) is 3.83. The van der Waals surface area contributed by atoms with Crippen LogP contribution in [-0.2, 0) is 13.5 Å². The Hall–Kier alpha value is 1.15. The molecule has 0 nitrogen and oxygen atoms in total. The van der Waals surface area contributed by atoms with Crippen molar-refractivity contribution in [3.05, 3.63) is 0 Å². The summed E-state index contributed by atoms with van der Waals surface area (Å²) < 4.78 is 3.14. The molecule has 0 N–H and O–H groups in total. The Balaban J connectivity index is 0. The largest absolute Gasteiger partial charge is 2.00 e. The Labute approximate surface area is 82.8 Å². The average molecular weight is 265 g/mol. The molecule has 0 spiro atoms. The molecule has 60 valence electrons. The van der Waals surface area contributed by atoms with Crippen molar-refractivity contribution in [3.63, 3.8) is 0 Å². The summed E-state index contributed by atoms with van der Waals surface area (Å²) in [6.07, 6.45) is 0. The second kappa shape index (κ2) is 8.25. The van der Waals surface area contributed by atoms with Gasteiger partial charge in [0.05, 0.1) is 0 Å². The monoisotopic (exact) mass is 266 g/mol. The fourth-order valence-electron chi connectivity index (χ4n) is 0.661. The van der Waals surface area contributed by atoms with Crippen molar-refractivity contribution in [2.24, 2.45) is 11.8 Å². The Morgan fingerprint density at radius 2 is 1.20 bits per heavy atom. The second-order valence-corrected chi connectivity index (χ2v) is 7.20. The summed E-state index contributed by atoms with van der Waals surface area (Å²) >= 11 is 0.0709. The van der Waals surface area contributed by atoms with Crippen molar-refractivity contribution in [1.29, 1.82) is 0 Å². The summed E-state index contributed by atoms with van der Waals surface area (Å²) in [7, 11) is 0. The normalized spacial score (nSPS) is 9.40. The topological polar surface area (TPSA) is 0 Å². The van der Waals surface area contributed by atoms with E-state index in [0.717, 1.165) is 11.8 Å². The van der Waals surface area contributed by atoms with Crippen LogP contribution in [0, 0.1) is 11.8 Å². The molecule has 0 heterocycles. The maximum Gasteiger partial charge on any atom is -2.00 e. The minimum Gasteiger partial charge on any atom is -2.00 e. The van der Waals surface area contributed by atoms with Crippen LogP contribution in [0.15, 0.2) is 0 Å². The van der Waals surface area contributed by atoms with E-state index >= 15 is 0 Å². The van der Waals surface area contributed by atoms with Crippen molar-refractivity contribution in [3.8, 4) is 0 Å². The quantitative estimate of drug-likeness (QED) is 0.685. The summed E-state index contributed by atoms with van der Waals surface area (Å²) in [5.74, 6) is 1.94. The van der Waals surface area contributed by atoms with Crippen molar-refractivity contribution in [2.75, 3.05) is 0 Å². The Morgan fingerprint density at radius 1 is 0.900 bits per heavy atom. The predicted octanol–water partition coefficient (Wildman–Crippen LogP) is 2.84. The third-order valence-electron chi connectivity index (χ3n) is 1.11. The zero-order valence-electron chi connectivity index (χ0n) is 7.48. The van der Waals surface area contributed by atoms with Crippen LogP contribution >= 0.6 is 0 Å². The first-order valence-corrected chi connectivity index (χ1v) is 7.87. The molecule has 0 fully saturated rings. The van der Waals surface area contributed by atoms with Gasteiger partial charge in [-0.1, -0.05) is 0 Å². The fraction of sp³-hybridized carbons (Fsp3) is 1.00. The molecule has 0 aromatic heterocycles. The van der Waals surface area contributed by atoms with Gasteiger partial charge in [-0.15, -0.1) is 0 Å². The van der Waals surface area contributed by atoms with Crippen LogP contribution < -0.4 is 0 Å². The summed E-state index contributed by atoms with van der Waals surface area (Å²) in [5.41, 5.74) is 0. The van der Waals surface area contributed by atoms with Crippen LogP contribution in [0.4, 0.5) is 0 Å². The first-order chi connectivity index (χ1) is 4.13. The van der Waals surface area contributed by atoms with E-state index in [0.29, 0.717) is 0 Å². The van der Waals surface area contributed by atoms with E-state index in [1.165, 1.54) is 0 Å². The summed E-state index contributed by atoms with van der Waals surface area (Å²) in [4.78, 5) is 0. The molecule has 0 amide bonds. The molecule has 0 rings (SSSR count). The van der Waals surface area contributed by atoms with Gasteiger partial charge in [0.2, 0.25) is 0 Å². The van der Waals surface area contributed by atoms with Gasteiger partial charge in [-0.3, -0.25) is 0 Å². The second-order valence-electron chi connectivity index (χ2n) is 3.45. The van der Waals surface area contributed by atoms with Crippen LogP contribution in [0.3, 0.4) is 0 Å². The third-order valence-corrected chi connectivity index (χ3v) is 7.41. The van der Waals surface area contributed by atoms with Gasteiger partial charge in [-0.2, -0.15) is 0 Å². The minimum atomic E-state index is 0. The van der Waals surface area contributed by atoms with Gasteiger partial charge >= 0.3 is 69.5 Å².